The van der Waals surface area contributed by atoms with Gasteiger partial charge in [0.25, 0.3) is 0 Å². The van der Waals surface area contributed by atoms with Gasteiger partial charge in [0.2, 0.25) is 0 Å². The Kier molecular flexibility index (Phi) is 7.45. The zero-order valence-corrected chi connectivity index (χ0v) is 20.0. The summed E-state index contributed by atoms with van der Waals surface area (Å²) in [6.45, 7) is 5.95. The number of morpholine rings is 1. The fraction of sp³-hybridized carbons (Fsp3) is 0.269. The van der Waals surface area contributed by atoms with Gasteiger partial charge in [0.1, 0.15) is 6.61 Å². The van der Waals surface area contributed by atoms with Crippen LogP contribution >= 0.6 is 15.9 Å². The van der Waals surface area contributed by atoms with Crippen LogP contribution in [0.2, 0.25) is 0 Å². The van der Waals surface area contributed by atoms with Crippen molar-refractivity contribution in [3.8, 4) is 11.5 Å². The van der Waals surface area contributed by atoms with Crippen LogP contribution in [0.1, 0.15) is 16.7 Å². The molecule has 0 saturated carbocycles. The molecule has 0 atom stereocenters. The zero-order valence-electron chi connectivity index (χ0n) is 18.4. The maximum absolute atomic E-state index is 6.04. The van der Waals surface area contributed by atoms with Crippen molar-refractivity contribution >= 4 is 33.5 Å². The third-order valence-corrected chi connectivity index (χ3v) is 5.93. The highest BCUT2D eigenvalue weighted by Gasteiger charge is 2.12. The van der Waals surface area contributed by atoms with Gasteiger partial charge < -0.3 is 19.1 Å². The highest BCUT2D eigenvalue weighted by atomic mass is 79.9. The van der Waals surface area contributed by atoms with E-state index in [4.69, 9.17) is 14.2 Å². The summed E-state index contributed by atoms with van der Waals surface area (Å²) in [5.41, 5.74) is 5.36. The van der Waals surface area contributed by atoms with E-state index in [9.17, 15) is 0 Å². The lowest BCUT2D eigenvalue weighted by Crippen LogP contribution is -2.36. The van der Waals surface area contributed by atoms with Crippen molar-refractivity contribution in [3.63, 3.8) is 0 Å². The SMILES string of the molecule is COc1cc(C=Nc2ccc(N3CCOCC3)cc2)cc(Br)c1OCc1ccc(C)cc1. The van der Waals surface area contributed by atoms with Crippen molar-refractivity contribution in [2.24, 2.45) is 4.99 Å². The maximum atomic E-state index is 6.04. The van der Waals surface area contributed by atoms with Crippen LogP contribution in [-0.4, -0.2) is 39.6 Å². The summed E-state index contributed by atoms with van der Waals surface area (Å²) in [6, 6.07) is 20.5. The molecule has 0 unspecified atom stereocenters. The molecular formula is C26H27BrN2O3. The number of anilines is 1. The molecule has 5 nitrogen and oxygen atoms in total. The van der Waals surface area contributed by atoms with Gasteiger partial charge in [0, 0.05) is 25.0 Å². The van der Waals surface area contributed by atoms with Crippen molar-refractivity contribution in [2.45, 2.75) is 13.5 Å². The molecule has 0 radical (unpaired) electrons. The minimum atomic E-state index is 0.470. The molecule has 0 spiro atoms. The molecule has 1 aliphatic rings. The van der Waals surface area contributed by atoms with Gasteiger partial charge in [-0.2, -0.15) is 0 Å². The van der Waals surface area contributed by atoms with Gasteiger partial charge in [-0.05, 0) is 70.4 Å². The smallest absolute Gasteiger partial charge is 0.175 e. The Morgan fingerprint density at radius 1 is 1.03 bits per heavy atom. The third kappa shape index (κ3) is 5.69. The minimum absolute atomic E-state index is 0.470. The first-order valence-electron chi connectivity index (χ1n) is 10.6. The molecule has 1 heterocycles. The number of rotatable bonds is 7. The molecule has 32 heavy (non-hydrogen) atoms. The van der Waals surface area contributed by atoms with E-state index in [1.165, 1.54) is 11.3 Å². The van der Waals surface area contributed by atoms with E-state index in [2.05, 4.69) is 69.1 Å². The summed E-state index contributed by atoms with van der Waals surface area (Å²) in [6.07, 6.45) is 1.83. The second-order valence-corrected chi connectivity index (χ2v) is 8.54. The lowest BCUT2D eigenvalue weighted by Gasteiger charge is -2.28. The lowest BCUT2D eigenvalue weighted by molar-refractivity contribution is 0.122. The van der Waals surface area contributed by atoms with Gasteiger partial charge in [-0.1, -0.05) is 29.8 Å². The average Bonchev–Trinajstić information content (AvgIpc) is 2.83. The van der Waals surface area contributed by atoms with Crippen molar-refractivity contribution < 1.29 is 14.2 Å². The van der Waals surface area contributed by atoms with E-state index in [0.717, 1.165) is 47.6 Å². The van der Waals surface area contributed by atoms with E-state index in [1.54, 1.807) is 7.11 Å². The number of benzene rings is 3. The Labute approximate surface area is 197 Å². The van der Waals surface area contributed by atoms with Gasteiger partial charge in [-0.25, -0.2) is 0 Å². The molecule has 1 aliphatic heterocycles. The molecule has 0 amide bonds. The van der Waals surface area contributed by atoms with Gasteiger partial charge in [-0.3, -0.25) is 4.99 Å². The molecule has 0 aromatic heterocycles. The van der Waals surface area contributed by atoms with Crippen molar-refractivity contribution in [1.29, 1.82) is 0 Å². The predicted molar refractivity (Wildman–Crippen MR) is 133 cm³/mol. The van der Waals surface area contributed by atoms with E-state index in [1.807, 2.05) is 30.5 Å². The van der Waals surface area contributed by atoms with E-state index >= 15 is 0 Å². The molecule has 1 fully saturated rings. The molecule has 166 valence electrons. The van der Waals surface area contributed by atoms with Crippen LogP contribution in [0.15, 0.2) is 70.1 Å². The normalized spacial score (nSPS) is 14.0. The van der Waals surface area contributed by atoms with Crippen LogP contribution in [-0.2, 0) is 11.3 Å². The first kappa shape index (κ1) is 22.4. The summed E-state index contributed by atoms with van der Waals surface area (Å²) < 4.78 is 17.9. The van der Waals surface area contributed by atoms with Gasteiger partial charge in [-0.15, -0.1) is 0 Å². The molecule has 0 aliphatic carbocycles. The van der Waals surface area contributed by atoms with Gasteiger partial charge in [0.15, 0.2) is 11.5 Å². The number of halogens is 1. The topological polar surface area (TPSA) is 43.3 Å². The summed E-state index contributed by atoms with van der Waals surface area (Å²) >= 11 is 3.62. The van der Waals surface area contributed by atoms with Crippen LogP contribution in [0.25, 0.3) is 0 Å². The molecule has 4 rings (SSSR count). The van der Waals surface area contributed by atoms with Crippen LogP contribution in [0, 0.1) is 6.92 Å². The summed E-state index contributed by atoms with van der Waals surface area (Å²) in [4.78, 5) is 6.95. The fourth-order valence-corrected chi connectivity index (χ4v) is 4.09. The summed E-state index contributed by atoms with van der Waals surface area (Å²) in [5.74, 6) is 1.34. The zero-order chi connectivity index (χ0) is 22.3. The fourth-order valence-electron chi connectivity index (χ4n) is 3.51. The molecular weight excluding hydrogens is 468 g/mol. The summed E-state index contributed by atoms with van der Waals surface area (Å²) in [7, 11) is 1.64. The number of ether oxygens (including phenoxy) is 3. The van der Waals surface area contributed by atoms with Crippen molar-refractivity contribution in [1.82, 2.24) is 0 Å². The monoisotopic (exact) mass is 494 g/mol. The van der Waals surface area contributed by atoms with Crippen LogP contribution < -0.4 is 14.4 Å². The Bertz CT molecular complexity index is 1060. The number of hydrogen-bond donors (Lipinski definition) is 0. The third-order valence-electron chi connectivity index (χ3n) is 5.34. The molecule has 0 bridgehead atoms. The largest absolute Gasteiger partial charge is 0.493 e. The second kappa shape index (κ2) is 10.7. The highest BCUT2D eigenvalue weighted by molar-refractivity contribution is 9.10. The first-order valence-corrected chi connectivity index (χ1v) is 11.4. The average molecular weight is 495 g/mol. The van der Waals surface area contributed by atoms with Crippen LogP contribution in [0.5, 0.6) is 11.5 Å². The highest BCUT2D eigenvalue weighted by Crippen LogP contribution is 2.37. The Morgan fingerprint density at radius 2 is 1.75 bits per heavy atom. The maximum Gasteiger partial charge on any atom is 0.175 e. The van der Waals surface area contributed by atoms with Gasteiger partial charge >= 0.3 is 0 Å². The molecule has 6 heteroatoms. The Balaban J connectivity index is 1.44. The second-order valence-electron chi connectivity index (χ2n) is 7.68. The first-order chi connectivity index (χ1) is 15.6. The quantitative estimate of drug-likeness (QED) is 0.381. The van der Waals surface area contributed by atoms with E-state index < -0.39 is 0 Å². The van der Waals surface area contributed by atoms with E-state index in [-0.39, 0.29) is 0 Å². The lowest BCUT2D eigenvalue weighted by atomic mass is 10.1. The molecule has 1 saturated heterocycles. The van der Waals surface area contributed by atoms with Gasteiger partial charge in [0.05, 0.1) is 30.5 Å². The predicted octanol–water partition coefficient (Wildman–Crippen LogP) is 5.93. The molecule has 0 N–H and O–H groups in total. The number of nitrogens with zero attached hydrogens (tertiary/aromatic N) is 2. The minimum Gasteiger partial charge on any atom is -0.493 e. The molecule has 3 aromatic rings. The number of aryl methyl sites for hydroxylation is 1. The standard InChI is InChI=1S/C26H27BrN2O3/c1-19-3-5-20(6-4-19)18-32-26-24(27)15-21(16-25(26)30-2)17-28-22-7-9-23(10-8-22)29-11-13-31-14-12-29/h3-10,15-17H,11-14,18H2,1-2H3. The Hall–Kier alpha value is -2.83. The number of methoxy groups -OCH3 is 1. The Morgan fingerprint density at radius 3 is 2.44 bits per heavy atom. The number of aliphatic imine (C=N–C) groups is 1. The van der Waals surface area contributed by atoms with Crippen LogP contribution in [0.3, 0.4) is 0 Å². The van der Waals surface area contributed by atoms with Crippen LogP contribution in [0.4, 0.5) is 11.4 Å². The van der Waals surface area contributed by atoms with Crippen molar-refractivity contribution in [3.05, 3.63) is 81.8 Å². The summed E-state index contributed by atoms with van der Waals surface area (Å²) in [5, 5.41) is 0. The molecule has 3 aromatic carbocycles. The number of hydrogen-bond acceptors (Lipinski definition) is 5. The van der Waals surface area contributed by atoms with Crippen molar-refractivity contribution in [2.75, 3.05) is 38.3 Å². The van der Waals surface area contributed by atoms with E-state index in [0.29, 0.717) is 18.1 Å².